The van der Waals surface area contributed by atoms with Crippen LogP contribution in [0, 0.1) is 0 Å². The van der Waals surface area contributed by atoms with Gasteiger partial charge in [0.15, 0.2) is 11.9 Å². The van der Waals surface area contributed by atoms with Gasteiger partial charge in [-0.25, -0.2) is 4.79 Å². The number of hydrogen-bond donors (Lipinski definition) is 0. The van der Waals surface area contributed by atoms with E-state index in [1.165, 1.54) is 0 Å². The largest absolute Gasteiger partial charge is 0.497 e. The zero-order valence-corrected chi connectivity index (χ0v) is 23.5. The highest BCUT2D eigenvalue weighted by Crippen LogP contribution is 2.31. The maximum atomic E-state index is 13.4. The Morgan fingerprint density at radius 1 is 0.923 bits per heavy atom. The highest BCUT2D eigenvalue weighted by atomic mass is 16.8. The van der Waals surface area contributed by atoms with Crippen LogP contribution in [0.2, 0.25) is 0 Å². The molecule has 0 unspecified atom stereocenters. The normalized spacial score (nSPS) is 20.4. The van der Waals surface area contributed by atoms with Gasteiger partial charge in [-0.1, -0.05) is 36.4 Å². The Morgan fingerprint density at radius 3 is 1.95 bits per heavy atom. The summed E-state index contributed by atoms with van der Waals surface area (Å²) in [5.74, 6) is 0.190. The number of ether oxygens (including phenoxy) is 7. The summed E-state index contributed by atoms with van der Waals surface area (Å²) in [5, 5.41) is 0. The summed E-state index contributed by atoms with van der Waals surface area (Å²) in [5.41, 5.74) is 1.78. The molecule has 0 N–H and O–H groups in total. The molecular formula is C31H40O8. The van der Waals surface area contributed by atoms with E-state index in [0.29, 0.717) is 6.42 Å². The van der Waals surface area contributed by atoms with Crippen molar-refractivity contribution in [1.82, 2.24) is 0 Å². The summed E-state index contributed by atoms with van der Waals surface area (Å²) in [6, 6.07) is 14.9. The van der Waals surface area contributed by atoms with Gasteiger partial charge >= 0.3 is 5.97 Å². The van der Waals surface area contributed by atoms with Crippen LogP contribution >= 0.6 is 0 Å². The van der Waals surface area contributed by atoms with E-state index in [1.807, 2.05) is 69.3 Å². The monoisotopic (exact) mass is 540 g/mol. The van der Waals surface area contributed by atoms with E-state index in [-0.39, 0.29) is 25.4 Å². The lowest BCUT2D eigenvalue weighted by molar-refractivity contribution is -0.174. The first kappa shape index (κ1) is 30.4. The Hall–Kier alpha value is -3.17. The number of methoxy groups -OCH3 is 2. The minimum atomic E-state index is -1.04. The molecule has 1 saturated heterocycles. The van der Waals surface area contributed by atoms with Crippen LogP contribution in [0.4, 0.5) is 0 Å². The molecule has 0 amide bonds. The fourth-order valence-electron chi connectivity index (χ4n) is 4.28. The number of esters is 1. The molecule has 0 aliphatic carbocycles. The van der Waals surface area contributed by atoms with E-state index in [4.69, 9.17) is 33.2 Å². The van der Waals surface area contributed by atoms with Gasteiger partial charge in [-0.05, 0) is 56.2 Å². The van der Waals surface area contributed by atoms with E-state index < -0.39 is 30.1 Å². The lowest BCUT2D eigenvalue weighted by atomic mass is 10.1. The second-order valence-corrected chi connectivity index (χ2v) is 9.80. The first-order valence-corrected chi connectivity index (χ1v) is 13.0. The van der Waals surface area contributed by atoms with Crippen LogP contribution in [0.5, 0.6) is 11.5 Å². The van der Waals surface area contributed by atoms with Crippen molar-refractivity contribution in [2.75, 3.05) is 14.2 Å². The van der Waals surface area contributed by atoms with E-state index in [1.54, 1.807) is 26.4 Å². The standard InChI is InChI=1S/C31H40O8/c1-8-26-28(39-31(4,5)38-26)18-21(3)37-30(32)29(36-20-23-12-16-25(34-7)17-13-23)27(9-2)35-19-22-10-14-24(33-6)15-11-22/h8-17,21,26-29H,1-2,18-20H2,3-7H3/t21-,26+,27-,28-,29+/m1/s1. The minimum Gasteiger partial charge on any atom is -0.497 e. The summed E-state index contributed by atoms with van der Waals surface area (Å²) in [4.78, 5) is 13.4. The Balaban J connectivity index is 1.69. The van der Waals surface area contributed by atoms with Crippen molar-refractivity contribution in [3.05, 3.63) is 85.0 Å². The summed E-state index contributed by atoms with van der Waals surface area (Å²) < 4.78 is 40.3. The average Bonchev–Trinajstić information content (AvgIpc) is 3.23. The van der Waals surface area contributed by atoms with Crippen LogP contribution < -0.4 is 9.47 Å². The van der Waals surface area contributed by atoms with Gasteiger partial charge in [-0.3, -0.25) is 0 Å². The molecule has 1 aliphatic rings. The second-order valence-electron chi connectivity index (χ2n) is 9.80. The number of carbonyl (C=O) groups is 1. The van der Waals surface area contributed by atoms with E-state index >= 15 is 0 Å². The topological polar surface area (TPSA) is 81.7 Å². The molecule has 1 aliphatic heterocycles. The van der Waals surface area contributed by atoms with Crippen LogP contribution in [0.25, 0.3) is 0 Å². The Morgan fingerprint density at radius 2 is 1.46 bits per heavy atom. The summed E-state index contributed by atoms with van der Waals surface area (Å²) in [7, 11) is 3.22. The lowest BCUT2D eigenvalue weighted by Gasteiger charge is -2.26. The molecule has 8 heteroatoms. The third-order valence-electron chi connectivity index (χ3n) is 6.29. The number of benzene rings is 2. The molecular weight excluding hydrogens is 500 g/mol. The van der Waals surface area contributed by atoms with Gasteiger partial charge in [0.1, 0.15) is 29.8 Å². The molecule has 0 spiro atoms. The highest BCUT2D eigenvalue weighted by Gasteiger charge is 2.41. The summed E-state index contributed by atoms with van der Waals surface area (Å²) in [6.45, 7) is 13.6. The molecule has 5 atom stereocenters. The smallest absolute Gasteiger partial charge is 0.338 e. The Bertz CT molecular complexity index is 1060. The quantitative estimate of drug-likeness (QED) is 0.220. The third kappa shape index (κ3) is 8.93. The molecule has 0 saturated carbocycles. The summed E-state index contributed by atoms with van der Waals surface area (Å²) in [6.07, 6.45) is 0.837. The number of rotatable bonds is 15. The molecule has 2 aromatic rings. The Kier molecular flexibility index (Phi) is 11.1. The predicted molar refractivity (Wildman–Crippen MR) is 148 cm³/mol. The van der Waals surface area contributed by atoms with Crippen LogP contribution in [0.1, 0.15) is 38.3 Å². The SMILES string of the molecule is C=C[C@@H]1OC(C)(C)O[C@@H]1C[C@@H](C)OC(=O)[C@@H](OCc1ccc(OC)cc1)[C@@H](C=C)OCc1ccc(OC)cc1. The van der Waals surface area contributed by atoms with Gasteiger partial charge in [-0.15, -0.1) is 13.2 Å². The van der Waals surface area contributed by atoms with Crippen molar-refractivity contribution in [3.8, 4) is 11.5 Å². The molecule has 39 heavy (non-hydrogen) atoms. The molecule has 2 aromatic carbocycles. The molecule has 3 rings (SSSR count). The second kappa shape index (κ2) is 14.3. The van der Waals surface area contributed by atoms with E-state index in [0.717, 1.165) is 22.6 Å². The van der Waals surface area contributed by atoms with Crippen molar-refractivity contribution < 1.29 is 38.0 Å². The lowest BCUT2D eigenvalue weighted by Crippen LogP contribution is -2.40. The van der Waals surface area contributed by atoms with Crippen LogP contribution in [-0.2, 0) is 41.7 Å². The molecule has 212 valence electrons. The van der Waals surface area contributed by atoms with Crippen LogP contribution in [-0.4, -0.2) is 56.5 Å². The van der Waals surface area contributed by atoms with Crippen LogP contribution in [0.15, 0.2) is 73.8 Å². The minimum absolute atomic E-state index is 0.167. The van der Waals surface area contributed by atoms with E-state index in [9.17, 15) is 4.79 Å². The van der Waals surface area contributed by atoms with Gasteiger partial charge < -0.3 is 33.2 Å². The maximum Gasteiger partial charge on any atom is 0.338 e. The number of hydrogen-bond acceptors (Lipinski definition) is 8. The highest BCUT2D eigenvalue weighted by molar-refractivity contribution is 5.76. The van der Waals surface area contributed by atoms with E-state index in [2.05, 4.69) is 13.2 Å². The van der Waals surface area contributed by atoms with Crippen molar-refractivity contribution in [2.24, 2.45) is 0 Å². The van der Waals surface area contributed by atoms with Crippen LogP contribution in [0.3, 0.4) is 0 Å². The van der Waals surface area contributed by atoms with Crippen molar-refractivity contribution in [3.63, 3.8) is 0 Å². The molecule has 1 heterocycles. The average molecular weight is 541 g/mol. The molecule has 0 radical (unpaired) electrons. The van der Waals surface area contributed by atoms with Gasteiger partial charge in [0, 0.05) is 6.42 Å². The zero-order valence-electron chi connectivity index (χ0n) is 23.5. The fraction of sp³-hybridized carbons (Fsp3) is 0.452. The molecule has 0 bridgehead atoms. The molecule has 8 nitrogen and oxygen atoms in total. The first-order valence-electron chi connectivity index (χ1n) is 13.0. The van der Waals surface area contributed by atoms with Crippen molar-refractivity contribution >= 4 is 5.97 Å². The van der Waals surface area contributed by atoms with Crippen molar-refractivity contribution in [2.45, 2.75) is 76.7 Å². The summed E-state index contributed by atoms with van der Waals surface area (Å²) >= 11 is 0. The predicted octanol–water partition coefficient (Wildman–Crippen LogP) is 5.39. The molecule has 0 aromatic heterocycles. The number of carbonyl (C=O) groups excluding carboxylic acids is 1. The van der Waals surface area contributed by atoms with Gasteiger partial charge in [0.25, 0.3) is 0 Å². The molecule has 1 fully saturated rings. The maximum absolute atomic E-state index is 13.4. The van der Waals surface area contributed by atoms with Gasteiger partial charge in [0.2, 0.25) is 0 Å². The fourth-order valence-corrected chi connectivity index (χ4v) is 4.28. The Labute approximate surface area is 231 Å². The van der Waals surface area contributed by atoms with Gasteiger partial charge in [0.05, 0.1) is 33.5 Å². The first-order chi connectivity index (χ1) is 18.7. The zero-order chi connectivity index (χ0) is 28.4. The van der Waals surface area contributed by atoms with Crippen molar-refractivity contribution in [1.29, 1.82) is 0 Å². The van der Waals surface area contributed by atoms with Gasteiger partial charge in [-0.2, -0.15) is 0 Å². The third-order valence-corrected chi connectivity index (χ3v) is 6.29.